The van der Waals surface area contributed by atoms with Crippen LogP contribution >= 0.6 is 15.9 Å². The third-order valence-electron chi connectivity index (χ3n) is 2.94. The Morgan fingerprint density at radius 1 is 1.56 bits per heavy atom. The fraction of sp³-hybridized carbons (Fsp3) is 0.400. The maximum Gasteiger partial charge on any atom is 0.150 e. The van der Waals surface area contributed by atoms with Crippen molar-refractivity contribution in [2.24, 2.45) is 0 Å². The first-order chi connectivity index (χ1) is 7.77. The number of nitrogens with zero attached hydrogens (tertiary/aromatic N) is 3. The molecule has 0 amide bonds. The van der Waals surface area contributed by atoms with Gasteiger partial charge < -0.3 is 11.1 Å². The van der Waals surface area contributed by atoms with Crippen molar-refractivity contribution in [1.82, 2.24) is 19.7 Å². The molecule has 1 fully saturated rings. The number of hydrogen-bond donors (Lipinski definition) is 2. The fourth-order valence-corrected chi connectivity index (χ4v) is 2.77. The number of halogens is 1. The van der Waals surface area contributed by atoms with E-state index >= 15 is 0 Å². The lowest BCUT2D eigenvalue weighted by atomic mass is 10.2. The van der Waals surface area contributed by atoms with Crippen LogP contribution in [0.1, 0.15) is 24.7 Å². The van der Waals surface area contributed by atoms with Gasteiger partial charge in [0.1, 0.15) is 15.9 Å². The van der Waals surface area contributed by atoms with Crippen molar-refractivity contribution in [3.05, 3.63) is 22.8 Å². The van der Waals surface area contributed by atoms with Gasteiger partial charge in [0.15, 0.2) is 5.82 Å². The molecule has 0 radical (unpaired) electrons. The molecule has 1 atom stereocenters. The molecule has 3 heterocycles. The first kappa shape index (κ1) is 10.0. The Labute approximate surface area is 101 Å². The molecule has 1 aliphatic heterocycles. The summed E-state index contributed by atoms with van der Waals surface area (Å²) in [5.74, 6) is 1.51. The van der Waals surface area contributed by atoms with Crippen molar-refractivity contribution in [1.29, 1.82) is 0 Å². The van der Waals surface area contributed by atoms with Gasteiger partial charge in [0.25, 0.3) is 0 Å². The Kier molecular flexibility index (Phi) is 2.33. The van der Waals surface area contributed by atoms with Gasteiger partial charge in [-0.25, -0.2) is 9.97 Å². The molecule has 16 heavy (non-hydrogen) atoms. The highest BCUT2D eigenvalue weighted by Gasteiger charge is 2.23. The van der Waals surface area contributed by atoms with Crippen molar-refractivity contribution in [3.63, 3.8) is 0 Å². The number of aromatic nitrogens is 3. The summed E-state index contributed by atoms with van der Waals surface area (Å²) < 4.78 is 2.77. The SMILES string of the molecule is Nc1nccn2c([C@H]3CCCN3)nc(Br)c12. The van der Waals surface area contributed by atoms with Crippen LogP contribution in [0.2, 0.25) is 0 Å². The molecule has 0 aromatic carbocycles. The standard InChI is InChI=1S/C10H12BrN5/c11-8-7-9(12)14-4-5-16(7)10(15-8)6-2-1-3-13-6/h4-6,13H,1-3H2,(H2,12,14)/t6-/m1/s1. The van der Waals surface area contributed by atoms with Crippen LogP contribution in [-0.4, -0.2) is 20.9 Å². The van der Waals surface area contributed by atoms with Crippen LogP contribution in [0, 0.1) is 0 Å². The van der Waals surface area contributed by atoms with Gasteiger partial charge in [-0.05, 0) is 35.3 Å². The quantitative estimate of drug-likeness (QED) is 0.831. The van der Waals surface area contributed by atoms with Crippen LogP contribution in [0.25, 0.3) is 5.52 Å². The van der Waals surface area contributed by atoms with E-state index in [9.17, 15) is 0 Å². The van der Waals surface area contributed by atoms with E-state index in [1.54, 1.807) is 6.20 Å². The van der Waals surface area contributed by atoms with Crippen molar-refractivity contribution in [2.45, 2.75) is 18.9 Å². The van der Waals surface area contributed by atoms with E-state index in [-0.39, 0.29) is 0 Å². The third kappa shape index (κ3) is 1.41. The zero-order valence-electron chi connectivity index (χ0n) is 8.65. The Morgan fingerprint density at radius 3 is 3.19 bits per heavy atom. The fourth-order valence-electron chi connectivity index (χ4n) is 2.19. The predicted octanol–water partition coefficient (Wildman–Crippen LogP) is 1.50. The number of nitrogen functional groups attached to an aromatic ring is 1. The minimum Gasteiger partial charge on any atom is -0.382 e. The number of rotatable bonds is 1. The number of fused-ring (bicyclic) bond motifs is 1. The highest BCUT2D eigenvalue weighted by atomic mass is 79.9. The zero-order chi connectivity index (χ0) is 11.1. The van der Waals surface area contributed by atoms with Gasteiger partial charge in [0, 0.05) is 12.4 Å². The van der Waals surface area contributed by atoms with Crippen molar-refractivity contribution in [2.75, 3.05) is 12.3 Å². The molecule has 2 aromatic rings. The van der Waals surface area contributed by atoms with Crippen LogP contribution in [0.5, 0.6) is 0 Å². The Morgan fingerprint density at radius 2 is 2.44 bits per heavy atom. The lowest BCUT2D eigenvalue weighted by Crippen LogP contribution is -2.15. The van der Waals surface area contributed by atoms with Crippen molar-refractivity contribution >= 4 is 27.3 Å². The molecule has 84 valence electrons. The van der Waals surface area contributed by atoms with Gasteiger partial charge in [-0.3, -0.25) is 4.40 Å². The van der Waals surface area contributed by atoms with E-state index in [4.69, 9.17) is 5.73 Å². The molecule has 1 aliphatic rings. The summed E-state index contributed by atoms with van der Waals surface area (Å²) in [6.07, 6.45) is 5.92. The maximum atomic E-state index is 5.85. The molecule has 0 aliphatic carbocycles. The number of anilines is 1. The molecule has 5 nitrogen and oxygen atoms in total. The molecule has 2 aromatic heterocycles. The normalized spacial score (nSPS) is 20.7. The predicted molar refractivity (Wildman–Crippen MR) is 65.1 cm³/mol. The molecular formula is C10H12BrN5. The van der Waals surface area contributed by atoms with Crippen molar-refractivity contribution in [3.8, 4) is 0 Å². The van der Waals surface area contributed by atoms with Gasteiger partial charge in [-0.1, -0.05) is 0 Å². The minimum absolute atomic E-state index is 0.320. The minimum atomic E-state index is 0.320. The maximum absolute atomic E-state index is 5.85. The summed E-state index contributed by atoms with van der Waals surface area (Å²) in [6.45, 7) is 1.05. The second-order valence-electron chi connectivity index (χ2n) is 3.94. The molecule has 6 heteroatoms. The summed E-state index contributed by atoms with van der Waals surface area (Å²) in [6, 6.07) is 0.320. The number of hydrogen-bond acceptors (Lipinski definition) is 4. The molecule has 1 saturated heterocycles. The van der Waals surface area contributed by atoms with Crippen LogP contribution in [-0.2, 0) is 0 Å². The monoisotopic (exact) mass is 281 g/mol. The van der Waals surface area contributed by atoms with Crippen LogP contribution < -0.4 is 11.1 Å². The van der Waals surface area contributed by atoms with Crippen molar-refractivity contribution < 1.29 is 0 Å². The smallest absolute Gasteiger partial charge is 0.150 e. The number of imidazole rings is 1. The number of nitrogens with one attached hydrogen (secondary N) is 1. The summed E-state index contributed by atoms with van der Waals surface area (Å²) in [5, 5.41) is 3.43. The van der Waals surface area contributed by atoms with Crippen LogP contribution in [0.4, 0.5) is 5.82 Å². The molecular weight excluding hydrogens is 270 g/mol. The van der Waals surface area contributed by atoms with Gasteiger partial charge in [-0.15, -0.1) is 0 Å². The summed E-state index contributed by atoms with van der Waals surface area (Å²) in [5.41, 5.74) is 6.70. The lowest BCUT2D eigenvalue weighted by Gasteiger charge is -2.08. The van der Waals surface area contributed by atoms with E-state index < -0.39 is 0 Å². The Hall–Kier alpha value is -1.14. The van der Waals surface area contributed by atoms with Crippen LogP contribution in [0.15, 0.2) is 17.0 Å². The molecule has 0 bridgehead atoms. The van der Waals surface area contributed by atoms with Gasteiger partial charge in [-0.2, -0.15) is 0 Å². The average molecular weight is 282 g/mol. The Balaban J connectivity index is 2.22. The van der Waals surface area contributed by atoms with E-state index in [1.165, 1.54) is 6.42 Å². The van der Waals surface area contributed by atoms with Gasteiger partial charge >= 0.3 is 0 Å². The van der Waals surface area contributed by atoms with E-state index in [2.05, 4.69) is 31.2 Å². The molecule has 3 N–H and O–H groups in total. The average Bonchev–Trinajstić information content (AvgIpc) is 2.86. The second-order valence-corrected chi connectivity index (χ2v) is 4.69. The largest absolute Gasteiger partial charge is 0.382 e. The highest BCUT2D eigenvalue weighted by molar-refractivity contribution is 9.10. The molecule has 0 spiro atoms. The second kappa shape index (κ2) is 3.71. The molecule has 0 unspecified atom stereocenters. The highest BCUT2D eigenvalue weighted by Crippen LogP contribution is 2.29. The van der Waals surface area contributed by atoms with Crippen LogP contribution in [0.3, 0.4) is 0 Å². The van der Waals surface area contributed by atoms with Gasteiger partial charge in [0.2, 0.25) is 0 Å². The molecule has 3 rings (SSSR count). The summed E-state index contributed by atoms with van der Waals surface area (Å²) in [4.78, 5) is 8.60. The first-order valence-corrected chi connectivity index (χ1v) is 6.08. The summed E-state index contributed by atoms with van der Waals surface area (Å²) >= 11 is 3.44. The topological polar surface area (TPSA) is 68.2 Å². The van der Waals surface area contributed by atoms with E-state index in [1.807, 2.05) is 10.6 Å². The third-order valence-corrected chi connectivity index (χ3v) is 3.49. The lowest BCUT2D eigenvalue weighted by molar-refractivity contribution is 0.602. The Bertz CT molecular complexity index is 529. The van der Waals surface area contributed by atoms with E-state index in [0.29, 0.717) is 11.9 Å². The first-order valence-electron chi connectivity index (χ1n) is 5.28. The summed E-state index contributed by atoms with van der Waals surface area (Å²) in [7, 11) is 0. The van der Waals surface area contributed by atoms with Gasteiger partial charge in [0.05, 0.1) is 6.04 Å². The zero-order valence-corrected chi connectivity index (χ0v) is 10.2. The molecule has 0 saturated carbocycles. The van der Waals surface area contributed by atoms with E-state index in [0.717, 1.165) is 28.9 Å². The number of nitrogens with two attached hydrogens (primary N) is 1.